The normalized spacial score (nSPS) is 11.2. The third-order valence-electron chi connectivity index (χ3n) is 2.76. The van der Waals surface area contributed by atoms with Crippen molar-refractivity contribution in [3.05, 3.63) is 34.9 Å². The highest BCUT2D eigenvalue weighted by Crippen LogP contribution is 2.30. The van der Waals surface area contributed by atoms with Crippen molar-refractivity contribution < 1.29 is 4.52 Å². The minimum absolute atomic E-state index is 0.326. The predicted molar refractivity (Wildman–Crippen MR) is 70.5 cm³/mol. The lowest BCUT2D eigenvalue weighted by molar-refractivity contribution is 0.439. The van der Waals surface area contributed by atoms with E-state index in [1.165, 1.54) is 0 Å². The van der Waals surface area contributed by atoms with Gasteiger partial charge in [0.25, 0.3) is 0 Å². The first kappa shape index (κ1) is 10.4. The van der Waals surface area contributed by atoms with Crippen LogP contribution in [0.2, 0.25) is 0 Å². The molecule has 17 heavy (non-hydrogen) atoms. The van der Waals surface area contributed by atoms with Crippen LogP contribution in [0.1, 0.15) is 0 Å². The molecule has 4 nitrogen and oxygen atoms in total. The Labute approximate surface area is 106 Å². The standard InChI is InChI=1S/C12H10BrN3O/c1-16-6-9(13)8-4-7(2-3-11(8)16)10-5-12(14)17-15-10/h2-6H,14H2,1H3. The molecule has 86 valence electrons. The van der Waals surface area contributed by atoms with Crippen LogP contribution in [-0.2, 0) is 7.05 Å². The van der Waals surface area contributed by atoms with E-state index in [0.29, 0.717) is 5.88 Å². The maximum atomic E-state index is 5.52. The molecule has 2 aromatic heterocycles. The molecule has 0 atom stereocenters. The molecule has 0 aliphatic carbocycles. The van der Waals surface area contributed by atoms with Crippen LogP contribution >= 0.6 is 15.9 Å². The zero-order valence-corrected chi connectivity index (χ0v) is 10.7. The van der Waals surface area contributed by atoms with Crippen molar-refractivity contribution in [1.29, 1.82) is 0 Å². The SMILES string of the molecule is Cn1cc(Br)c2cc(-c3cc(N)on3)ccc21. The third-order valence-corrected chi connectivity index (χ3v) is 3.40. The summed E-state index contributed by atoms with van der Waals surface area (Å²) in [6.07, 6.45) is 2.03. The second kappa shape index (κ2) is 3.63. The first-order valence-corrected chi connectivity index (χ1v) is 5.91. The van der Waals surface area contributed by atoms with Gasteiger partial charge < -0.3 is 14.8 Å². The molecule has 3 rings (SSSR count). The molecule has 0 saturated heterocycles. The quantitative estimate of drug-likeness (QED) is 0.749. The van der Waals surface area contributed by atoms with Crippen LogP contribution in [0.5, 0.6) is 0 Å². The fourth-order valence-corrected chi connectivity index (χ4v) is 2.55. The smallest absolute Gasteiger partial charge is 0.222 e. The van der Waals surface area contributed by atoms with Gasteiger partial charge in [-0.15, -0.1) is 0 Å². The van der Waals surface area contributed by atoms with Gasteiger partial charge in [0.05, 0.1) is 0 Å². The largest absolute Gasteiger partial charge is 0.368 e. The van der Waals surface area contributed by atoms with Crippen LogP contribution in [0, 0.1) is 0 Å². The molecule has 0 aliphatic rings. The maximum Gasteiger partial charge on any atom is 0.222 e. The van der Waals surface area contributed by atoms with E-state index in [1.807, 2.05) is 19.3 Å². The zero-order chi connectivity index (χ0) is 12.0. The molecule has 3 aromatic rings. The molecule has 0 fully saturated rings. The van der Waals surface area contributed by atoms with Gasteiger partial charge in [0.15, 0.2) is 0 Å². The van der Waals surface area contributed by atoms with Crippen LogP contribution in [0.4, 0.5) is 5.88 Å². The molecule has 0 bridgehead atoms. The summed E-state index contributed by atoms with van der Waals surface area (Å²) < 4.78 is 8.01. The molecule has 0 radical (unpaired) electrons. The minimum atomic E-state index is 0.326. The Morgan fingerprint density at radius 2 is 2.18 bits per heavy atom. The van der Waals surface area contributed by atoms with Gasteiger partial charge in [-0.05, 0) is 28.1 Å². The number of fused-ring (bicyclic) bond motifs is 1. The number of nitrogens with zero attached hydrogens (tertiary/aromatic N) is 2. The summed E-state index contributed by atoms with van der Waals surface area (Å²) in [5.74, 6) is 0.326. The number of halogens is 1. The number of hydrogen-bond donors (Lipinski definition) is 1. The van der Waals surface area contributed by atoms with E-state index < -0.39 is 0 Å². The lowest BCUT2D eigenvalue weighted by atomic mass is 10.1. The van der Waals surface area contributed by atoms with Gasteiger partial charge in [-0.1, -0.05) is 11.2 Å². The molecule has 0 saturated carbocycles. The number of hydrogen-bond acceptors (Lipinski definition) is 3. The van der Waals surface area contributed by atoms with Crippen molar-refractivity contribution >= 4 is 32.7 Å². The predicted octanol–water partition coefficient (Wildman–Crippen LogP) is 3.18. The first-order valence-electron chi connectivity index (χ1n) is 5.12. The Morgan fingerprint density at radius 1 is 1.35 bits per heavy atom. The monoisotopic (exact) mass is 291 g/mol. The number of rotatable bonds is 1. The van der Waals surface area contributed by atoms with Crippen molar-refractivity contribution in [2.45, 2.75) is 0 Å². The molecule has 2 N–H and O–H groups in total. The highest BCUT2D eigenvalue weighted by molar-refractivity contribution is 9.10. The van der Waals surface area contributed by atoms with Gasteiger partial charge in [-0.2, -0.15) is 0 Å². The Hall–Kier alpha value is -1.75. The molecule has 1 aromatic carbocycles. The number of nitrogens with two attached hydrogens (primary N) is 1. The summed E-state index contributed by atoms with van der Waals surface area (Å²) in [5.41, 5.74) is 8.42. The number of anilines is 1. The van der Waals surface area contributed by atoms with Crippen LogP contribution in [0.3, 0.4) is 0 Å². The lowest BCUT2D eigenvalue weighted by Crippen LogP contribution is -1.83. The maximum absolute atomic E-state index is 5.52. The average molecular weight is 292 g/mol. The van der Waals surface area contributed by atoms with Crippen molar-refractivity contribution in [1.82, 2.24) is 9.72 Å². The Morgan fingerprint density at radius 3 is 2.88 bits per heavy atom. The number of aromatic nitrogens is 2. The van der Waals surface area contributed by atoms with Crippen LogP contribution < -0.4 is 5.73 Å². The lowest BCUT2D eigenvalue weighted by Gasteiger charge is -1.98. The van der Waals surface area contributed by atoms with Gasteiger partial charge >= 0.3 is 0 Å². The summed E-state index contributed by atoms with van der Waals surface area (Å²) in [4.78, 5) is 0. The number of aryl methyl sites for hydroxylation is 1. The van der Waals surface area contributed by atoms with E-state index in [0.717, 1.165) is 26.6 Å². The Bertz CT molecular complexity index is 699. The van der Waals surface area contributed by atoms with E-state index in [9.17, 15) is 0 Å². The summed E-state index contributed by atoms with van der Waals surface area (Å²) in [6, 6.07) is 7.85. The van der Waals surface area contributed by atoms with Crippen molar-refractivity contribution in [2.75, 3.05) is 5.73 Å². The molecular formula is C12H10BrN3O. The second-order valence-corrected chi connectivity index (χ2v) is 4.79. The van der Waals surface area contributed by atoms with E-state index in [1.54, 1.807) is 6.07 Å². The Kier molecular flexibility index (Phi) is 2.22. The minimum Gasteiger partial charge on any atom is -0.368 e. The van der Waals surface area contributed by atoms with Crippen molar-refractivity contribution in [3.8, 4) is 11.3 Å². The molecule has 0 unspecified atom stereocenters. The molecule has 0 spiro atoms. The van der Waals surface area contributed by atoms with Gasteiger partial charge in [0.1, 0.15) is 5.69 Å². The summed E-state index contributed by atoms with van der Waals surface area (Å²) >= 11 is 3.54. The highest BCUT2D eigenvalue weighted by Gasteiger charge is 2.08. The van der Waals surface area contributed by atoms with E-state index in [4.69, 9.17) is 10.3 Å². The molecule has 0 aliphatic heterocycles. The average Bonchev–Trinajstić information content (AvgIpc) is 2.85. The van der Waals surface area contributed by atoms with E-state index in [-0.39, 0.29) is 0 Å². The van der Waals surface area contributed by atoms with Gasteiger partial charge in [0, 0.05) is 40.2 Å². The summed E-state index contributed by atoms with van der Waals surface area (Å²) in [7, 11) is 2.01. The number of nitrogen functional groups attached to an aromatic ring is 1. The van der Waals surface area contributed by atoms with Crippen LogP contribution in [0.15, 0.2) is 39.5 Å². The van der Waals surface area contributed by atoms with Gasteiger partial charge in [-0.3, -0.25) is 0 Å². The summed E-state index contributed by atoms with van der Waals surface area (Å²) in [5, 5.41) is 5.05. The Balaban J connectivity index is 2.22. The first-order chi connectivity index (χ1) is 8.15. The number of benzene rings is 1. The van der Waals surface area contributed by atoms with Crippen molar-refractivity contribution in [3.63, 3.8) is 0 Å². The fourth-order valence-electron chi connectivity index (χ4n) is 1.93. The van der Waals surface area contributed by atoms with E-state index >= 15 is 0 Å². The molecule has 0 amide bonds. The van der Waals surface area contributed by atoms with Gasteiger partial charge in [0.2, 0.25) is 5.88 Å². The topological polar surface area (TPSA) is 57.0 Å². The highest BCUT2D eigenvalue weighted by atomic mass is 79.9. The molecule has 5 heteroatoms. The van der Waals surface area contributed by atoms with Crippen molar-refractivity contribution in [2.24, 2.45) is 7.05 Å². The van der Waals surface area contributed by atoms with Crippen LogP contribution in [-0.4, -0.2) is 9.72 Å². The summed E-state index contributed by atoms with van der Waals surface area (Å²) in [6.45, 7) is 0. The second-order valence-electron chi connectivity index (χ2n) is 3.93. The zero-order valence-electron chi connectivity index (χ0n) is 9.14. The third kappa shape index (κ3) is 1.63. The van der Waals surface area contributed by atoms with E-state index in [2.05, 4.69) is 37.8 Å². The molecular weight excluding hydrogens is 282 g/mol. The molecule has 2 heterocycles. The van der Waals surface area contributed by atoms with Crippen LogP contribution in [0.25, 0.3) is 22.2 Å². The van der Waals surface area contributed by atoms with Gasteiger partial charge in [-0.25, -0.2) is 0 Å². The fraction of sp³-hybridized carbons (Fsp3) is 0.0833.